The van der Waals surface area contributed by atoms with Gasteiger partial charge in [0.1, 0.15) is 21.9 Å². The van der Waals surface area contributed by atoms with E-state index in [0.717, 1.165) is 5.56 Å². The predicted molar refractivity (Wildman–Crippen MR) is 133 cm³/mol. The van der Waals surface area contributed by atoms with E-state index in [1.807, 2.05) is 37.3 Å². The van der Waals surface area contributed by atoms with Crippen LogP contribution in [0.2, 0.25) is 0 Å². The molecule has 0 saturated carbocycles. The van der Waals surface area contributed by atoms with Gasteiger partial charge < -0.3 is 10.4 Å². The second kappa shape index (κ2) is 9.69. The zero-order valence-electron chi connectivity index (χ0n) is 18.9. The van der Waals surface area contributed by atoms with Crippen molar-refractivity contribution in [2.24, 2.45) is 5.14 Å². The molecule has 0 fully saturated rings. The molecule has 10 heteroatoms. The molecule has 0 unspecified atom stereocenters. The molecular formula is C25H24N4O5S. The predicted octanol–water partition coefficient (Wildman–Crippen LogP) is 3.00. The monoisotopic (exact) mass is 492 g/mol. The Kier molecular flexibility index (Phi) is 6.68. The molecule has 0 aliphatic carbocycles. The largest absolute Gasteiger partial charge is 0.506 e. The first-order valence-corrected chi connectivity index (χ1v) is 12.5. The Hall–Kier alpha value is -4.02. The summed E-state index contributed by atoms with van der Waals surface area (Å²) < 4.78 is 25.7. The summed E-state index contributed by atoms with van der Waals surface area (Å²) >= 11 is 0. The lowest BCUT2D eigenvalue weighted by atomic mass is 10.1. The molecule has 35 heavy (non-hydrogen) atoms. The lowest BCUT2D eigenvalue weighted by Crippen LogP contribution is -2.31. The number of hydrogen-bond donors (Lipinski definition) is 3. The zero-order valence-corrected chi connectivity index (χ0v) is 19.7. The molecule has 1 amide bonds. The molecule has 0 saturated heterocycles. The van der Waals surface area contributed by atoms with Gasteiger partial charge in [-0.2, -0.15) is 0 Å². The van der Waals surface area contributed by atoms with Crippen LogP contribution in [0.1, 0.15) is 34.8 Å². The molecule has 2 aromatic carbocycles. The van der Waals surface area contributed by atoms with Crippen LogP contribution in [0.15, 0.2) is 76.6 Å². The lowest BCUT2D eigenvalue weighted by Gasteiger charge is -2.17. The van der Waals surface area contributed by atoms with Gasteiger partial charge in [0.25, 0.3) is 11.5 Å². The number of primary sulfonamides is 1. The van der Waals surface area contributed by atoms with E-state index in [1.54, 1.807) is 18.2 Å². The normalized spacial score (nSPS) is 11.5. The summed E-state index contributed by atoms with van der Waals surface area (Å²) in [6, 6.07) is 16.8. The van der Waals surface area contributed by atoms with Crippen LogP contribution < -0.4 is 16.0 Å². The minimum atomic E-state index is -4.18. The maximum absolute atomic E-state index is 13.5. The van der Waals surface area contributed by atoms with Crippen molar-refractivity contribution in [2.45, 2.75) is 31.2 Å². The molecule has 0 spiro atoms. The van der Waals surface area contributed by atoms with Gasteiger partial charge in [-0.25, -0.2) is 18.5 Å². The molecule has 0 aliphatic heterocycles. The Morgan fingerprint density at radius 2 is 1.83 bits per heavy atom. The van der Waals surface area contributed by atoms with Crippen LogP contribution in [-0.2, 0) is 23.0 Å². The van der Waals surface area contributed by atoms with Gasteiger partial charge in [-0.05, 0) is 35.7 Å². The molecule has 0 radical (unpaired) electrons. The van der Waals surface area contributed by atoms with Crippen molar-refractivity contribution in [3.05, 3.63) is 93.9 Å². The Labute approximate surface area is 201 Å². The van der Waals surface area contributed by atoms with Crippen LogP contribution in [0.4, 0.5) is 5.69 Å². The Morgan fingerprint density at radius 1 is 1.09 bits per heavy atom. The average Bonchev–Trinajstić information content (AvgIpc) is 2.83. The van der Waals surface area contributed by atoms with Gasteiger partial charge in [-0.3, -0.25) is 14.2 Å². The number of aromatic hydroxyl groups is 1. The van der Waals surface area contributed by atoms with E-state index in [0.29, 0.717) is 18.4 Å². The van der Waals surface area contributed by atoms with E-state index >= 15 is 0 Å². The third-order valence-electron chi connectivity index (χ3n) is 5.58. The number of fused-ring (bicyclic) bond motifs is 1. The van der Waals surface area contributed by atoms with Crippen molar-refractivity contribution in [2.75, 3.05) is 5.32 Å². The molecule has 2 heterocycles. The van der Waals surface area contributed by atoms with Crippen LogP contribution in [0.5, 0.6) is 5.75 Å². The van der Waals surface area contributed by atoms with Crippen LogP contribution >= 0.6 is 0 Å². The highest BCUT2D eigenvalue weighted by Crippen LogP contribution is 2.29. The number of benzene rings is 2. The molecule has 4 aromatic rings. The second-order valence-electron chi connectivity index (χ2n) is 8.01. The molecule has 2 aromatic heterocycles. The maximum Gasteiger partial charge on any atom is 0.269 e. The molecule has 0 bridgehead atoms. The number of amides is 1. The molecule has 9 nitrogen and oxygen atoms in total. The van der Waals surface area contributed by atoms with E-state index in [1.165, 1.54) is 22.9 Å². The fraction of sp³-hybridized carbons (Fsp3) is 0.160. The van der Waals surface area contributed by atoms with E-state index in [-0.39, 0.29) is 28.2 Å². The highest BCUT2D eigenvalue weighted by Gasteiger charge is 2.26. The number of nitrogens with one attached hydrogen (secondary N) is 1. The molecule has 180 valence electrons. The summed E-state index contributed by atoms with van der Waals surface area (Å²) in [6.07, 6.45) is 2.63. The first kappa shape index (κ1) is 24.1. The van der Waals surface area contributed by atoms with Crippen LogP contribution in [-0.4, -0.2) is 29.0 Å². The quantitative estimate of drug-likeness (QED) is 0.362. The van der Waals surface area contributed by atoms with Crippen molar-refractivity contribution in [1.29, 1.82) is 0 Å². The van der Waals surface area contributed by atoms with Crippen molar-refractivity contribution >= 4 is 32.7 Å². The van der Waals surface area contributed by atoms with Crippen molar-refractivity contribution in [3.8, 4) is 5.75 Å². The Morgan fingerprint density at radius 3 is 2.51 bits per heavy atom. The van der Waals surface area contributed by atoms with Crippen LogP contribution in [0.3, 0.4) is 0 Å². The number of nitrogens with zero attached hydrogens (tertiary/aromatic N) is 2. The molecule has 4 rings (SSSR count). The minimum Gasteiger partial charge on any atom is -0.506 e. The van der Waals surface area contributed by atoms with E-state index < -0.39 is 32.8 Å². The summed E-state index contributed by atoms with van der Waals surface area (Å²) in [4.78, 5) is 30.9. The third kappa shape index (κ3) is 4.79. The van der Waals surface area contributed by atoms with Gasteiger partial charge in [0.15, 0.2) is 0 Å². The number of sulfonamides is 1. The number of para-hydroxylation sites is 1. The first-order chi connectivity index (χ1) is 16.7. The Balaban J connectivity index is 1.89. The summed E-state index contributed by atoms with van der Waals surface area (Å²) in [7, 11) is -4.18. The lowest BCUT2D eigenvalue weighted by molar-refractivity contribution is 0.102. The van der Waals surface area contributed by atoms with Gasteiger partial charge in [-0.1, -0.05) is 55.8 Å². The van der Waals surface area contributed by atoms with Gasteiger partial charge in [0.2, 0.25) is 10.0 Å². The average molecular weight is 493 g/mol. The second-order valence-corrected chi connectivity index (χ2v) is 9.54. The summed E-state index contributed by atoms with van der Waals surface area (Å²) in [5.41, 5.74) is 0.254. The highest BCUT2D eigenvalue weighted by atomic mass is 32.2. The standard InChI is InChI=1S/C25H24N4O5S/c1-2-8-17-11-6-13-19(35(26,33)34)21(17)28-24(31)20-22(30)18-12-7-14-27-23(18)29(25(20)32)15-16-9-4-3-5-10-16/h3-7,9-14,30H,2,8,15H2,1H3,(H,28,31)(H2,26,33,34). The highest BCUT2D eigenvalue weighted by molar-refractivity contribution is 7.89. The number of nitrogens with two attached hydrogens (primary N) is 1. The van der Waals surface area contributed by atoms with Gasteiger partial charge >= 0.3 is 0 Å². The topological polar surface area (TPSA) is 144 Å². The smallest absolute Gasteiger partial charge is 0.269 e. The van der Waals surface area contributed by atoms with Crippen molar-refractivity contribution < 1.29 is 18.3 Å². The molecular weight excluding hydrogens is 468 g/mol. The minimum absolute atomic E-state index is 0.0125. The SMILES string of the molecule is CCCc1cccc(S(N)(=O)=O)c1NC(=O)c1c(O)c2cccnc2n(Cc2ccccc2)c1=O. The third-order valence-corrected chi connectivity index (χ3v) is 6.53. The number of pyridine rings is 2. The first-order valence-electron chi connectivity index (χ1n) is 10.9. The van der Waals surface area contributed by atoms with E-state index in [4.69, 9.17) is 5.14 Å². The fourth-order valence-electron chi connectivity index (χ4n) is 3.99. The number of aromatic nitrogens is 2. The number of rotatable bonds is 7. The summed E-state index contributed by atoms with van der Waals surface area (Å²) in [5, 5.41) is 19.0. The van der Waals surface area contributed by atoms with Crippen LogP contribution in [0.25, 0.3) is 11.0 Å². The van der Waals surface area contributed by atoms with Gasteiger partial charge in [0, 0.05) is 6.20 Å². The molecule has 4 N–H and O–H groups in total. The van der Waals surface area contributed by atoms with Crippen molar-refractivity contribution in [3.63, 3.8) is 0 Å². The van der Waals surface area contributed by atoms with Gasteiger partial charge in [-0.15, -0.1) is 0 Å². The number of aryl methyl sites for hydroxylation is 1. The molecule has 0 aliphatic rings. The van der Waals surface area contributed by atoms with Gasteiger partial charge in [0.05, 0.1) is 17.6 Å². The number of carbonyl (C=O) groups is 1. The summed E-state index contributed by atoms with van der Waals surface area (Å²) in [6.45, 7) is 2.02. The Bertz CT molecular complexity index is 1580. The molecule has 0 atom stereocenters. The summed E-state index contributed by atoms with van der Waals surface area (Å²) in [5.74, 6) is -1.49. The van der Waals surface area contributed by atoms with E-state index in [2.05, 4.69) is 10.3 Å². The maximum atomic E-state index is 13.5. The number of hydrogen-bond acceptors (Lipinski definition) is 6. The van der Waals surface area contributed by atoms with Crippen LogP contribution in [0, 0.1) is 0 Å². The zero-order chi connectivity index (χ0) is 25.2. The number of carbonyl (C=O) groups excluding carboxylic acids is 1. The van der Waals surface area contributed by atoms with E-state index in [9.17, 15) is 23.1 Å². The fourth-order valence-corrected chi connectivity index (χ4v) is 4.73. The number of anilines is 1. The van der Waals surface area contributed by atoms with Crippen molar-refractivity contribution in [1.82, 2.24) is 9.55 Å².